The summed E-state index contributed by atoms with van der Waals surface area (Å²) in [5, 5.41) is 2.85. The zero-order valence-electron chi connectivity index (χ0n) is 10.1. The predicted octanol–water partition coefficient (Wildman–Crippen LogP) is 2.01. The van der Waals surface area contributed by atoms with Crippen LogP contribution in [0.25, 0.3) is 0 Å². The molecule has 5 N–H and O–H groups in total. The Bertz CT molecular complexity index is 396. The molecule has 0 aromatic heterocycles. The summed E-state index contributed by atoms with van der Waals surface area (Å²) >= 11 is 5.71. The molecule has 4 nitrogen and oxygen atoms in total. The summed E-state index contributed by atoms with van der Waals surface area (Å²) in [5.74, 6) is -0.589. The quantitative estimate of drug-likeness (QED) is 0.560. The van der Waals surface area contributed by atoms with Gasteiger partial charge in [-0.3, -0.25) is 0 Å². The molecule has 0 atom stereocenters. The van der Waals surface area contributed by atoms with E-state index in [9.17, 15) is 4.39 Å². The zero-order chi connectivity index (χ0) is 13.0. The Morgan fingerprint density at radius 1 is 1.35 bits per heavy atom. The summed E-state index contributed by atoms with van der Waals surface area (Å²) in [4.78, 5) is 2.05. The smallest absolute Gasteiger partial charge is 0.169 e. The highest BCUT2D eigenvalue weighted by atomic mass is 35.5. The first-order chi connectivity index (χ1) is 7.93. The van der Waals surface area contributed by atoms with Gasteiger partial charge in [-0.1, -0.05) is 11.6 Å². The van der Waals surface area contributed by atoms with Gasteiger partial charge in [-0.05, 0) is 33.1 Å². The van der Waals surface area contributed by atoms with Crippen molar-refractivity contribution in [2.75, 3.05) is 44.0 Å². The molecule has 17 heavy (non-hydrogen) atoms. The van der Waals surface area contributed by atoms with Gasteiger partial charge in [0.25, 0.3) is 0 Å². The minimum Gasteiger partial charge on any atom is -0.397 e. The van der Waals surface area contributed by atoms with Crippen molar-refractivity contribution in [3.63, 3.8) is 0 Å². The van der Waals surface area contributed by atoms with Gasteiger partial charge in [0.05, 0.1) is 17.1 Å². The number of hydrogen-bond donors (Lipinski definition) is 3. The molecule has 0 spiro atoms. The van der Waals surface area contributed by atoms with Gasteiger partial charge in [-0.15, -0.1) is 0 Å². The van der Waals surface area contributed by atoms with Gasteiger partial charge in [-0.25, -0.2) is 4.39 Å². The lowest BCUT2D eigenvalue weighted by Crippen LogP contribution is -2.17. The molecule has 0 aliphatic carbocycles. The Morgan fingerprint density at radius 3 is 2.59 bits per heavy atom. The van der Waals surface area contributed by atoms with Crippen LogP contribution in [0.15, 0.2) is 6.07 Å². The maximum absolute atomic E-state index is 13.7. The maximum Gasteiger partial charge on any atom is 0.169 e. The Morgan fingerprint density at radius 2 is 2.00 bits per heavy atom. The molecule has 0 bridgehead atoms. The number of nitrogen functional groups attached to an aromatic ring is 2. The van der Waals surface area contributed by atoms with Crippen molar-refractivity contribution in [2.45, 2.75) is 6.42 Å². The molecular weight excluding hydrogens is 243 g/mol. The highest BCUT2D eigenvalue weighted by Gasteiger charge is 2.13. The minimum absolute atomic E-state index is 0.0886. The molecule has 1 aromatic rings. The maximum atomic E-state index is 13.7. The molecule has 6 heteroatoms. The number of nitrogens with zero attached hydrogens (tertiary/aromatic N) is 1. The van der Waals surface area contributed by atoms with E-state index in [2.05, 4.69) is 10.2 Å². The fourth-order valence-electron chi connectivity index (χ4n) is 1.45. The standard InChI is InChI=1S/C11H18ClFN4/c1-17(2)5-3-4-16-11-8(15)6-7(14)9(12)10(11)13/h6,16H,3-5,14-15H2,1-2H3. The second-order valence-electron chi connectivity index (χ2n) is 4.14. The number of halogens is 2. The number of nitrogens with one attached hydrogen (secondary N) is 1. The molecule has 1 rings (SSSR count). The number of benzene rings is 1. The van der Waals surface area contributed by atoms with Gasteiger partial charge in [0.2, 0.25) is 0 Å². The van der Waals surface area contributed by atoms with E-state index in [0.29, 0.717) is 6.54 Å². The number of hydrogen-bond acceptors (Lipinski definition) is 4. The third-order valence-electron chi connectivity index (χ3n) is 2.35. The molecule has 0 aliphatic heterocycles. The predicted molar refractivity (Wildman–Crippen MR) is 71.9 cm³/mol. The van der Waals surface area contributed by atoms with E-state index in [-0.39, 0.29) is 22.1 Å². The zero-order valence-corrected chi connectivity index (χ0v) is 10.8. The van der Waals surface area contributed by atoms with Gasteiger partial charge < -0.3 is 21.7 Å². The largest absolute Gasteiger partial charge is 0.397 e. The first-order valence-corrected chi connectivity index (χ1v) is 5.72. The van der Waals surface area contributed by atoms with Crippen LogP contribution < -0.4 is 16.8 Å². The van der Waals surface area contributed by atoms with E-state index in [4.69, 9.17) is 23.1 Å². The van der Waals surface area contributed by atoms with Crippen LogP contribution in [0.2, 0.25) is 5.02 Å². The van der Waals surface area contributed by atoms with Crippen molar-refractivity contribution < 1.29 is 4.39 Å². The average molecular weight is 261 g/mol. The molecule has 96 valence electrons. The molecule has 0 unspecified atom stereocenters. The fraction of sp³-hybridized carbons (Fsp3) is 0.455. The third kappa shape index (κ3) is 3.64. The lowest BCUT2D eigenvalue weighted by atomic mass is 10.2. The molecule has 1 aromatic carbocycles. The van der Waals surface area contributed by atoms with Gasteiger partial charge in [0, 0.05) is 6.54 Å². The van der Waals surface area contributed by atoms with Crippen LogP contribution in [0.4, 0.5) is 21.5 Å². The lowest BCUT2D eigenvalue weighted by Gasteiger charge is -2.14. The van der Waals surface area contributed by atoms with E-state index in [1.54, 1.807) is 0 Å². The summed E-state index contributed by atoms with van der Waals surface area (Å²) < 4.78 is 13.7. The summed E-state index contributed by atoms with van der Waals surface area (Å²) in [6.07, 6.45) is 0.883. The Balaban J connectivity index is 2.68. The molecule has 0 saturated heterocycles. The van der Waals surface area contributed by atoms with Crippen molar-refractivity contribution in [3.05, 3.63) is 16.9 Å². The van der Waals surface area contributed by atoms with Crippen LogP contribution in [-0.2, 0) is 0 Å². The molecular formula is C11H18ClFN4. The summed E-state index contributed by atoms with van der Waals surface area (Å²) in [6.45, 7) is 1.54. The highest BCUT2D eigenvalue weighted by Crippen LogP contribution is 2.33. The van der Waals surface area contributed by atoms with Gasteiger partial charge in [0.1, 0.15) is 5.02 Å². The SMILES string of the molecule is CN(C)CCCNc1c(N)cc(N)c(Cl)c1F. The van der Waals surface area contributed by atoms with Crippen LogP contribution in [0.5, 0.6) is 0 Å². The summed E-state index contributed by atoms with van der Waals surface area (Å²) in [6, 6.07) is 1.46. The number of anilines is 3. The van der Waals surface area contributed by atoms with E-state index >= 15 is 0 Å². The second-order valence-corrected chi connectivity index (χ2v) is 4.52. The number of nitrogens with two attached hydrogens (primary N) is 2. The molecule has 0 fully saturated rings. The van der Waals surface area contributed by atoms with Gasteiger partial charge >= 0.3 is 0 Å². The fourth-order valence-corrected chi connectivity index (χ4v) is 1.60. The second kappa shape index (κ2) is 5.93. The summed E-state index contributed by atoms with van der Waals surface area (Å²) in [7, 11) is 3.96. The van der Waals surface area contributed by atoms with Crippen LogP contribution in [0.3, 0.4) is 0 Å². The van der Waals surface area contributed by atoms with Crippen LogP contribution in [0.1, 0.15) is 6.42 Å². The lowest BCUT2D eigenvalue weighted by molar-refractivity contribution is 0.405. The molecule has 0 saturated carbocycles. The van der Waals surface area contributed by atoms with Gasteiger partial charge in [-0.2, -0.15) is 0 Å². The Kier molecular flexibility index (Phi) is 4.84. The molecule has 0 heterocycles. The number of rotatable bonds is 5. The Hall–Kier alpha value is -1.20. The van der Waals surface area contributed by atoms with E-state index in [0.717, 1.165) is 13.0 Å². The van der Waals surface area contributed by atoms with E-state index in [1.165, 1.54) is 6.07 Å². The third-order valence-corrected chi connectivity index (χ3v) is 2.73. The van der Waals surface area contributed by atoms with Crippen LogP contribution in [0, 0.1) is 5.82 Å². The first kappa shape index (κ1) is 13.9. The average Bonchev–Trinajstić information content (AvgIpc) is 2.24. The van der Waals surface area contributed by atoms with Gasteiger partial charge in [0.15, 0.2) is 5.82 Å². The van der Waals surface area contributed by atoms with Crippen molar-refractivity contribution in [3.8, 4) is 0 Å². The molecule has 0 amide bonds. The normalized spacial score (nSPS) is 10.9. The first-order valence-electron chi connectivity index (χ1n) is 5.35. The van der Waals surface area contributed by atoms with Crippen molar-refractivity contribution in [2.24, 2.45) is 0 Å². The monoisotopic (exact) mass is 260 g/mol. The summed E-state index contributed by atoms with van der Waals surface area (Å²) in [5.41, 5.74) is 11.8. The topological polar surface area (TPSA) is 67.3 Å². The molecule has 0 radical (unpaired) electrons. The molecule has 0 aliphatic rings. The van der Waals surface area contributed by atoms with Crippen molar-refractivity contribution >= 4 is 28.7 Å². The van der Waals surface area contributed by atoms with E-state index in [1.807, 2.05) is 14.1 Å². The van der Waals surface area contributed by atoms with Crippen LogP contribution in [-0.4, -0.2) is 32.1 Å². The highest BCUT2D eigenvalue weighted by molar-refractivity contribution is 6.33. The van der Waals surface area contributed by atoms with Crippen molar-refractivity contribution in [1.29, 1.82) is 0 Å². The van der Waals surface area contributed by atoms with Crippen molar-refractivity contribution in [1.82, 2.24) is 4.90 Å². The van der Waals surface area contributed by atoms with Crippen LogP contribution >= 0.6 is 11.6 Å². The minimum atomic E-state index is -0.589. The Labute approximate surface area is 106 Å². The van der Waals surface area contributed by atoms with E-state index < -0.39 is 5.82 Å².